The van der Waals surface area contributed by atoms with Crippen molar-refractivity contribution in [3.8, 4) is 0 Å². The van der Waals surface area contributed by atoms with Gasteiger partial charge in [0.05, 0.1) is 0 Å². The fraction of sp³-hybridized carbons (Fsp3) is 0.143. The highest BCUT2D eigenvalue weighted by atomic mass is 127. The van der Waals surface area contributed by atoms with Crippen LogP contribution in [-0.2, 0) is 6.42 Å². The normalized spacial score (nSPS) is 12.4. The molecule has 1 unspecified atom stereocenters. The van der Waals surface area contributed by atoms with Crippen molar-refractivity contribution in [1.29, 1.82) is 0 Å². The third-order valence-corrected chi connectivity index (χ3v) is 5.04. The van der Waals surface area contributed by atoms with E-state index in [1.165, 1.54) is 14.7 Å². The van der Waals surface area contributed by atoms with Crippen LogP contribution in [0, 0.1) is 3.57 Å². The smallest absolute Gasteiger partial charge is 0.0447 e. The average molecular weight is 500 g/mol. The molecule has 0 amide bonds. The Morgan fingerprint density at radius 1 is 1.17 bits per heavy atom. The van der Waals surface area contributed by atoms with Gasteiger partial charge in [0, 0.05) is 17.9 Å². The van der Waals surface area contributed by atoms with Crippen LogP contribution < -0.4 is 0 Å². The number of hydrogen-bond donors (Lipinski definition) is 0. The molecule has 0 bridgehead atoms. The highest BCUT2D eigenvalue weighted by molar-refractivity contribution is 14.1. The van der Waals surface area contributed by atoms with Gasteiger partial charge in [-0.1, -0.05) is 55.6 Å². The Bertz CT molecular complexity index is 557. The zero-order valence-electron chi connectivity index (χ0n) is 9.34. The quantitative estimate of drug-likeness (QED) is 0.339. The maximum absolute atomic E-state index is 6.01. The summed E-state index contributed by atoms with van der Waals surface area (Å²) in [6.45, 7) is 0. The third kappa shape index (κ3) is 3.95. The van der Waals surface area contributed by atoms with E-state index in [9.17, 15) is 0 Å². The summed E-state index contributed by atoms with van der Waals surface area (Å²) in [6.07, 6.45) is 0.916. The maximum Gasteiger partial charge on any atom is 0.0447 e. The van der Waals surface area contributed by atoms with Crippen molar-refractivity contribution in [3.05, 3.63) is 66.7 Å². The number of rotatable bonds is 3. The number of benzene rings is 2. The van der Waals surface area contributed by atoms with Crippen molar-refractivity contribution in [1.82, 2.24) is 0 Å². The van der Waals surface area contributed by atoms with Crippen molar-refractivity contribution in [2.24, 2.45) is 0 Å². The molecule has 0 aliphatic rings. The minimum absolute atomic E-state index is 0.278. The van der Waals surface area contributed by atoms with E-state index in [0.717, 1.165) is 15.9 Å². The van der Waals surface area contributed by atoms with Crippen LogP contribution in [0.2, 0.25) is 5.02 Å². The van der Waals surface area contributed by atoms with E-state index >= 15 is 0 Å². The highest BCUT2D eigenvalue weighted by Gasteiger charge is 2.12. The second-order valence-electron chi connectivity index (χ2n) is 3.97. The largest absolute Gasteiger partial charge is 0.0843 e. The first-order valence-corrected chi connectivity index (χ1v) is 8.56. The average Bonchev–Trinajstić information content (AvgIpc) is 2.32. The maximum atomic E-state index is 6.01. The first kappa shape index (κ1) is 14.8. The van der Waals surface area contributed by atoms with Gasteiger partial charge in [0.1, 0.15) is 0 Å². The molecule has 2 aromatic rings. The lowest BCUT2D eigenvalue weighted by molar-refractivity contribution is 0.942. The molecule has 4 heteroatoms. The van der Waals surface area contributed by atoms with E-state index < -0.39 is 0 Å². The van der Waals surface area contributed by atoms with Crippen molar-refractivity contribution in [3.63, 3.8) is 0 Å². The Labute approximate surface area is 143 Å². The number of halogens is 4. The molecular formula is C14H10Br2ClI. The first-order chi connectivity index (χ1) is 8.56. The summed E-state index contributed by atoms with van der Waals surface area (Å²) < 4.78 is 2.37. The van der Waals surface area contributed by atoms with Gasteiger partial charge in [0.15, 0.2) is 0 Å². The molecule has 94 valence electrons. The summed E-state index contributed by atoms with van der Waals surface area (Å²) in [5.74, 6) is 0. The summed E-state index contributed by atoms with van der Waals surface area (Å²) in [6, 6.07) is 14.4. The molecule has 2 aromatic carbocycles. The van der Waals surface area contributed by atoms with E-state index in [4.69, 9.17) is 11.6 Å². The van der Waals surface area contributed by atoms with Gasteiger partial charge in [0.25, 0.3) is 0 Å². The minimum Gasteiger partial charge on any atom is -0.0843 e. The molecule has 0 spiro atoms. The Balaban J connectivity index is 2.21. The molecular weight excluding hydrogens is 490 g/mol. The topological polar surface area (TPSA) is 0 Å². The van der Waals surface area contributed by atoms with E-state index in [0.29, 0.717) is 0 Å². The Hall–Kier alpha value is 0.420. The van der Waals surface area contributed by atoms with Gasteiger partial charge in [-0.25, -0.2) is 0 Å². The molecule has 2 rings (SSSR count). The third-order valence-electron chi connectivity index (χ3n) is 2.60. The van der Waals surface area contributed by atoms with E-state index in [1.807, 2.05) is 18.2 Å². The summed E-state index contributed by atoms with van der Waals surface area (Å²) in [5.41, 5.74) is 2.50. The van der Waals surface area contributed by atoms with Gasteiger partial charge in [-0.3, -0.25) is 0 Å². The summed E-state index contributed by atoms with van der Waals surface area (Å²) in [7, 11) is 0. The minimum atomic E-state index is 0.278. The SMILES string of the molecule is Clc1cccc(CC(Br)c2cc(I)ccc2Br)c1. The first-order valence-electron chi connectivity index (χ1n) is 5.40. The van der Waals surface area contributed by atoms with Gasteiger partial charge < -0.3 is 0 Å². The van der Waals surface area contributed by atoms with Gasteiger partial charge in [-0.05, 0) is 70.5 Å². The van der Waals surface area contributed by atoms with Crippen LogP contribution >= 0.6 is 66.1 Å². The number of alkyl halides is 1. The van der Waals surface area contributed by atoms with Crippen molar-refractivity contribution in [2.75, 3.05) is 0 Å². The second kappa shape index (κ2) is 6.73. The van der Waals surface area contributed by atoms with Crippen LogP contribution in [0.4, 0.5) is 0 Å². The molecule has 0 radical (unpaired) electrons. The van der Waals surface area contributed by atoms with Crippen LogP contribution in [0.5, 0.6) is 0 Å². The lowest BCUT2D eigenvalue weighted by atomic mass is 10.0. The molecule has 18 heavy (non-hydrogen) atoms. The molecule has 1 atom stereocenters. The monoisotopic (exact) mass is 498 g/mol. The molecule has 0 aliphatic heterocycles. The lowest BCUT2D eigenvalue weighted by Crippen LogP contribution is -1.97. The summed E-state index contributed by atoms with van der Waals surface area (Å²) in [4.78, 5) is 0.278. The predicted octanol–water partition coefficient (Wildman–Crippen LogP) is 6.39. The highest BCUT2D eigenvalue weighted by Crippen LogP contribution is 2.33. The predicted molar refractivity (Wildman–Crippen MR) is 93.7 cm³/mol. The van der Waals surface area contributed by atoms with Crippen LogP contribution in [-0.4, -0.2) is 0 Å². The van der Waals surface area contributed by atoms with Crippen LogP contribution in [0.1, 0.15) is 16.0 Å². The Morgan fingerprint density at radius 3 is 2.67 bits per heavy atom. The van der Waals surface area contributed by atoms with Gasteiger partial charge in [0.2, 0.25) is 0 Å². The van der Waals surface area contributed by atoms with E-state index in [-0.39, 0.29) is 4.83 Å². The molecule has 0 aromatic heterocycles. The zero-order chi connectivity index (χ0) is 13.1. The van der Waals surface area contributed by atoms with Crippen LogP contribution in [0.25, 0.3) is 0 Å². The molecule has 0 heterocycles. The van der Waals surface area contributed by atoms with E-state index in [2.05, 4.69) is 78.7 Å². The summed E-state index contributed by atoms with van der Waals surface area (Å²) >= 11 is 15.7. The number of hydrogen-bond acceptors (Lipinski definition) is 0. The van der Waals surface area contributed by atoms with Crippen molar-refractivity contribution < 1.29 is 0 Å². The van der Waals surface area contributed by atoms with Crippen molar-refractivity contribution >= 4 is 66.1 Å². The Morgan fingerprint density at radius 2 is 1.94 bits per heavy atom. The lowest BCUT2D eigenvalue weighted by Gasteiger charge is -2.13. The van der Waals surface area contributed by atoms with Crippen LogP contribution in [0.3, 0.4) is 0 Å². The van der Waals surface area contributed by atoms with Crippen LogP contribution in [0.15, 0.2) is 46.9 Å². The summed E-state index contributed by atoms with van der Waals surface area (Å²) in [5, 5.41) is 0.786. The fourth-order valence-corrected chi connectivity index (χ4v) is 4.05. The van der Waals surface area contributed by atoms with Gasteiger partial charge in [-0.2, -0.15) is 0 Å². The van der Waals surface area contributed by atoms with Gasteiger partial charge >= 0.3 is 0 Å². The molecule has 0 saturated heterocycles. The fourth-order valence-electron chi connectivity index (χ4n) is 1.74. The van der Waals surface area contributed by atoms with Gasteiger partial charge in [-0.15, -0.1) is 0 Å². The molecule has 0 fully saturated rings. The molecule has 0 aliphatic carbocycles. The van der Waals surface area contributed by atoms with Crippen molar-refractivity contribution in [2.45, 2.75) is 11.2 Å². The van der Waals surface area contributed by atoms with E-state index in [1.54, 1.807) is 0 Å². The molecule has 0 saturated carbocycles. The molecule has 0 nitrogen and oxygen atoms in total. The molecule has 0 N–H and O–H groups in total. The zero-order valence-corrected chi connectivity index (χ0v) is 15.4. The second-order valence-corrected chi connectivity index (χ2v) is 7.61. The Kier molecular flexibility index (Phi) is 5.54. The standard InChI is InChI=1S/C14H10Br2ClI/c15-13-5-4-11(18)8-12(13)14(16)7-9-2-1-3-10(17)6-9/h1-6,8,14H,7H2.